The zero-order chi connectivity index (χ0) is 15.8. The van der Waals surface area contributed by atoms with Crippen LogP contribution < -0.4 is 0 Å². The van der Waals surface area contributed by atoms with E-state index >= 15 is 0 Å². The topological polar surface area (TPSA) is 0 Å². The molecule has 2 heteroatoms. The highest BCUT2D eigenvalue weighted by Gasteiger charge is 2.25. The highest BCUT2D eigenvalue weighted by atomic mass is 35.5. The first-order chi connectivity index (χ1) is 10.2. The zero-order valence-corrected chi connectivity index (χ0v) is 15.9. The number of rotatable bonds is 16. The Labute approximate surface area is 140 Å². The van der Waals surface area contributed by atoms with Crippen LogP contribution in [0.5, 0.6) is 0 Å². The van der Waals surface area contributed by atoms with Gasteiger partial charge in [0, 0.05) is 5.88 Å². The molecule has 0 unspecified atom stereocenters. The van der Waals surface area contributed by atoms with Crippen molar-refractivity contribution in [2.45, 2.75) is 91.4 Å². The molecule has 0 saturated carbocycles. The summed E-state index contributed by atoms with van der Waals surface area (Å²) < 4.78 is 1.39. The predicted octanol–water partition coefficient (Wildman–Crippen LogP) is 6.39. The van der Waals surface area contributed by atoms with Gasteiger partial charge in [-0.2, -0.15) is 0 Å². The molecule has 0 aliphatic carbocycles. The maximum atomic E-state index is 5.90. The number of alkyl halides is 1. The summed E-state index contributed by atoms with van der Waals surface area (Å²) in [5.74, 6) is 0.832. The van der Waals surface area contributed by atoms with E-state index in [0.29, 0.717) is 0 Å². The molecular formula is C19H41ClN+. The Balaban J connectivity index is 4.52. The molecule has 0 aromatic rings. The van der Waals surface area contributed by atoms with Gasteiger partial charge in [-0.3, -0.25) is 0 Å². The van der Waals surface area contributed by atoms with Crippen LogP contribution in [0.25, 0.3) is 0 Å². The van der Waals surface area contributed by atoms with Crippen LogP contribution in [0.1, 0.15) is 91.4 Å². The van der Waals surface area contributed by atoms with E-state index in [-0.39, 0.29) is 0 Å². The first kappa shape index (κ1) is 21.2. The summed E-state index contributed by atoms with van der Waals surface area (Å²) in [6.07, 6.45) is 15.0. The molecule has 0 spiro atoms. The highest BCUT2D eigenvalue weighted by Crippen LogP contribution is 2.18. The van der Waals surface area contributed by atoms with Crippen LogP contribution in [-0.2, 0) is 0 Å². The Morgan fingerprint density at radius 2 is 0.857 bits per heavy atom. The summed E-state index contributed by atoms with van der Waals surface area (Å²) in [6.45, 7) is 12.5. The summed E-state index contributed by atoms with van der Waals surface area (Å²) in [6, 6.07) is 0. The number of hydrogen-bond acceptors (Lipinski definition) is 0. The van der Waals surface area contributed by atoms with Crippen molar-refractivity contribution in [3.8, 4) is 0 Å². The molecule has 0 aromatic carbocycles. The van der Waals surface area contributed by atoms with Crippen molar-refractivity contribution in [1.82, 2.24) is 0 Å². The Morgan fingerprint density at radius 1 is 0.524 bits per heavy atom. The van der Waals surface area contributed by atoms with Crippen LogP contribution in [0, 0.1) is 0 Å². The third-order valence-electron chi connectivity index (χ3n) is 4.72. The minimum absolute atomic E-state index is 0.832. The van der Waals surface area contributed by atoms with Gasteiger partial charge in [-0.05, 0) is 51.4 Å². The smallest absolute Gasteiger partial charge is 0.0787 e. The molecule has 0 aliphatic heterocycles. The summed E-state index contributed by atoms with van der Waals surface area (Å²) in [5, 5.41) is 0. The lowest BCUT2D eigenvalue weighted by molar-refractivity contribution is -0.929. The Kier molecular flexibility index (Phi) is 15.3. The Hall–Kier alpha value is 0.250. The fourth-order valence-corrected chi connectivity index (χ4v) is 3.49. The second-order valence-corrected chi connectivity index (χ2v) is 7.13. The molecule has 0 atom stereocenters. The van der Waals surface area contributed by atoms with Gasteiger partial charge in [-0.25, -0.2) is 0 Å². The van der Waals surface area contributed by atoms with Gasteiger partial charge >= 0.3 is 0 Å². The first-order valence-corrected chi connectivity index (χ1v) is 10.2. The van der Waals surface area contributed by atoms with E-state index in [1.807, 2.05) is 0 Å². The van der Waals surface area contributed by atoms with E-state index in [1.54, 1.807) is 0 Å². The largest absolute Gasteiger partial charge is 0.324 e. The minimum atomic E-state index is 0.832. The van der Waals surface area contributed by atoms with E-state index in [1.165, 1.54) is 101 Å². The average Bonchev–Trinajstić information content (AvgIpc) is 2.48. The third kappa shape index (κ3) is 11.5. The van der Waals surface area contributed by atoms with Crippen LogP contribution in [0.4, 0.5) is 0 Å². The second-order valence-electron chi connectivity index (χ2n) is 6.75. The van der Waals surface area contributed by atoms with Crippen LogP contribution in [0.2, 0.25) is 0 Å². The van der Waals surface area contributed by atoms with Crippen molar-refractivity contribution < 1.29 is 4.48 Å². The van der Waals surface area contributed by atoms with Gasteiger partial charge < -0.3 is 4.48 Å². The first-order valence-electron chi connectivity index (χ1n) is 9.65. The molecule has 0 bridgehead atoms. The molecule has 0 heterocycles. The maximum Gasteiger partial charge on any atom is 0.0787 e. The lowest BCUT2D eigenvalue weighted by atomic mass is 10.1. The van der Waals surface area contributed by atoms with Crippen molar-refractivity contribution in [3.63, 3.8) is 0 Å². The quantitative estimate of drug-likeness (QED) is 0.176. The van der Waals surface area contributed by atoms with Crippen LogP contribution in [0.15, 0.2) is 0 Å². The number of unbranched alkanes of at least 4 members (excludes halogenated alkanes) is 7. The number of halogens is 1. The SMILES string of the molecule is CCCCC[N+](CCCCC)(CCCCC)CCCCCl. The van der Waals surface area contributed by atoms with Crippen molar-refractivity contribution in [2.75, 3.05) is 32.1 Å². The summed E-state index contributed by atoms with van der Waals surface area (Å²) >= 11 is 5.90. The number of quaternary nitrogens is 1. The van der Waals surface area contributed by atoms with E-state index < -0.39 is 0 Å². The fraction of sp³-hybridized carbons (Fsp3) is 1.00. The summed E-state index contributed by atoms with van der Waals surface area (Å²) in [5.41, 5.74) is 0. The van der Waals surface area contributed by atoms with Crippen LogP contribution in [-0.4, -0.2) is 36.5 Å². The van der Waals surface area contributed by atoms with E-state index in [4.69, 9.17) is 11.6 Å². The van der Waals surface area contributed by atoms with E-state index in [0.717, 1.165) is 5.88 Å². The van der Waals surface area contributed by atoms with Crippen LogP contribution >= 0.6 is 11.6 Å². The van der Waals surface area contributed by atoms with Gasteiger partial charge in [0.2, 0.25) is 0 Å². The van der Waals surface area contributed by atoms with Gasteiger partial charge in [-0.1, -0.05) is 40.0 Å². The molecule has 0 amide bonds. The molecule has 0 aliphatic rings. The minimum Gasteiger partial charge on any atom is -0.324 e. The van der Waals surface area contributed by atoms with Gasteiger partial charge in [-0.15, -0.1) is 11.6 Å². The van der Waals surface area contributed by atoms with Crippen molar-refractivity contribution in [3.05, 3.63) is 0 Å². The molecule has 0 rings (SSSR count). The van der Waals surface area contributed by atoms with Gasteiger partial charge in [0.1, 0.15) is 0 Å². The molecule has 1 nitrogen and oxygen atoms in total. The molecule has 0 fully saturated rings. The molecule has 0 N–H and O–H groups in total. The van der Waals surface area contributed by atoms with Crippen LogP contribution in [0.3, 0.4) is 0 Å². The number of nitrogens with zero attached hydrogens (tertiary/aromatic N) is 1. The zero-order valence-electron chi connectivity index (χ0n) is 15.1. The molecule has 0 saturated heterocycles. The molecule has 0 radical (unpaired) electrons. The van der Waals surface area contributed by atoms with Crippen molar-refractivity contribution in [2.24, 2.45) is 0 Å². The Morgan fingerprint density at radius 3 is 1.14 bits per heavy atom. The fourth-order valence-electron chi connectivity index (χ4n) is 3.30. The maximum absolute atomic E-state index is 5.90. The van der Waals surface area contributed by atoms with Crippen molar-refractivity contribution >= 4 is 11.6 Å². The van der Waals surface area contributed by atoms with E-state index in [2.05, 4.69) is 20.8 Å². The third-order valence-corrected chi connectivity index (χ3v) is 4.99. The standard InChI is InChI=1S/C19H41ClN/c1-4-7-11-16-21(17-12-8-5-2,18-13-9-6-3)19-14-10-15-20/h4-19H2,1-3H3/q+1. The number of hydrogen-bond donors (Lipinski definition) is 0. The average molecular weight is 319 g/mol. The van der Waals surface area contributed by atoms with Gasteiger partial charge in [0.25, 0.3) is 0 Å². The van der Waals surface area contributed by atoms with Gasteiger partial charge in [0.05, 0.1) is 26.2 Å². The predicted molar refractivity (Wildman–Crippen MR) is 98.3 cm³/mol. The monoisotopic (exact) mass is 318 g/mol. The highest BCUT2D eigenvalue weighted by molar-refractivity contribution is 6.17. The van der Waals surface area contributed by atoms with E-state index in [9.17, 15) is 0 Å². The van der Waals surface area contributed by atoms with Gasteiger partial charge in [0.15, 0.2) is 0 Å². The lowest BCUT2D eigenvalue weighted by Crippen LogP contribution is -2.50. The summed E-state index contributed by atoms with van der Waals surface area (Å²) in [7, 11) is 0. The Bertz CT molecular complexity index is 160. The molecular weight excluding hydrogens is 278 g/mol. The molecule has 0 aromatic heterocycles. The normalized spacial score (nSPS) is 12.0. The molecule has 21 heavy (non-hydrogen) atoms. The summed E-state index contributed by atoms with van der Waals surface area (Å²) in [4.78, 5) is 0. The lowest BCUT2D eigenvalue weighted by Gasteiger charge is -2.39. The van der Waals surface area contributed by atoms with Crippen molar-refractivity contribution in [1.29, 1.82) is 0 Å². The molecule has 128 valence electrons. The second kappa shape index (κ2) is 15.2.